The molecule has 3 aromatic rings. The number of benzene rings is 1. The van der Waals surface area contributed by atoms with Crippen molar-refractivity contribution in [2.45, 2.75) is 10.8 Å². The zero-order valence-electron chi connectivity index (χ0n) is 12.6. The molecule has 3 rings (SSSR count). The number of halogens is 2. The largest absolute Gasteiger partial charge is 0.364 e. The summed E-state index contributed by atoms with van der Waals surface area (Å²) in [5, 5.41) is 10.6. The van der Waals surface area contributed by atoms with Crippen molar-refractivity contribution in [2.24, 2.45) is 0 Å². The molecule has 6 nitrogen and oxygen atoms in total. The highest BCUT2D eigenvalue weighted by atomic mass is 35.5. The number of aromatic nitrogens is 2. The van der Waals surface area contributed by atoms with Gasteiger partial charge in [0.05, 0.1) is 4.34 Å². The molecule has 0 radical (unpaired) electrons. The fourth-order valence-electron chi connectivity index (χ4n) is 1.94. The molecular weight excluding hydrogens is 387 g/mol. The standard InChI is InChI=1S/C15H12ClFN4O2S2/c16-12-5-8-15(24-12)25(22,23)21-14-7-6-13(19-20-14)18-9-10-3-1-2-4-11(10)17/h1-8H,9H2,(H,18,19)(H,20,21). The van der Waals surface area contributed by atoms with Gasteiger partial charge in [0.2, 0.25) is 0 Å². The molecule has 0 aliphatic heterocycles. The van der Waals surface area contributed by atoms with E-state index in [0.29, 0.717) is 15.7 Å². The van der Waals surface area contributed by atoms with Crippen LogP contribution in [0.4, 0.5) is 16.0 Å². The maximum atomic E-state index is 13.5. The van der Waals surface area contributed by atoms with E-state index in [1.165, 1.54) is 24.3 Å². The molecule has 0 amide bonds. The van der Waals surface area contributed by atoms with Crippen molar-refractivity contribution in [3.05, 3.63) is 64.2 Å². The number of thiophene rings is 1. The van der Waals surface area contributed by atoms with Crippen LogP contribution < -0.4 is 10.0 Å². The summed E-state index contributed by atoms with van der Waals surface area (Å²) in [6, 6.07) is 12.3. The number of rotatable bonds is 6. The molecule has 0 aliphatic carbocycles. The van der Waals surface area contributed by atoms with Gasteiger partial charge in [-0.1, -0.05) is 29.8 Å². The molecule has 2 heterocycles. The number of nitrogens with one attached hydrogen (secondary N) is 2. The molecular formula is C15H12ClFN4O2S2. The molecule has 0 atom stereocenters. The van der Waals surface area contributed by atoms with Crippen molar-refractivity contribution >= 4 is 44.6 Å². The third-order valence-electron chi connectivity index (χ3n) is 3.13. The number of hydrogen-bond acceptors (Lipinski definition) is 6. The maximum Gasteiger partial charge on any atom is 0.272 e. The van der Waals surface area contributed by atoms with Crippen molar-refractivity contribution < 1.29 is 12.8 Å². The Balaban J connectivity index is 1.65. The van der Waals surface area contributed by atoms with Gasteiger partial charge in [0, 0.05) is 12.1 Å². The molecule has 0 fully saturated rings. The Hall–Kier alpha value is -2.23. The predicted molar refractivity (Wildman–Crippen MR) is 95.9 cm³/mol. The lowest BCUT2D eigenvalue weighted by atomic mass is 10.2. The van der Waals surface area contributed by atoms with Gasteiger partial charge in [-0.25, -0.2) is 12.8 Å². The minimum Gasteiger partial charge on any atom is -0.364 e. The van der Waals surface area contributed by atoms with E-state index in [1.54, 1.807) is 24.3 Å². The van der Waals surface area contributed by atoms with E-state index >= 15 is 0 Å². The molecule has 0 aliphatic rings. The van der Waals surface area contributed by atoms with Crippen LogP contribution in [0.1, 0.15) is 5.56 Å². The SMILES string of the molecule is O=S(=O)(Nc1ccc(NCc2ccccc2F)nn1)c1ccc(Cl)s1. The Morgan fingerprint density at radius 1 is 1.04 bits per heavy atom. The van der Waals surface area contributed by atoms with Crippen LogP contribution in [0.3, 0.4) is 0 Å². The zero-order valence-corrected chi connectivity index (χ0v) is 15.0. The normalized spacial score (nSPS) is 11.3. The second-order valence-electron chi connectivity index (χ2n) is 4.91. The average Bonchev–Trinajstić information content (AvgIpc) is 3.03. The monoisotopic (exact) mass is 398 g/mol. The van der Waals surface area contributed by atoms with Crippen molar-refractivity contribution in [2.75, 3.05) is 10.0 Å². The molecule has 0 spiro atoms. The third-order valence-corrected chi connectivity index (χ3v) is 6.21. The molecule has 2 N–H and O–H groups in total. The number of nitrogens with zero attached hydrogens (tertiary/aromatic N) is 2. The van der Waals surface area contributed by atoms with Crippen molar-refractivity contribution in [1.29, 1.82) is 0 Å². The molecule has 0 saturated heterocycles. The van der Waals surface area contributed by atoms with E-state index in [2.05, 4.69) is 20.2 Å². The number of anilines is 2. The lowest BCUT2D eigenvalue weighted by Gasteiger charge is -2.08. The smallest absolute Gasteiger partial charge is 0.272 e. The van der Waals surface area contributed by atoms with Gasteiger partial charge in [-0.3, -0.25) is 4.72 Å². The average molecular weight is 399 g/mol. The highest BCUT2D eigenvalue weighted by Gasteiger charge is 2.17. The van der Waals surface area contributed by atoms with Crippen molar-refractivity contribution in [1.82, 2.24) is 10.2 Å². The van der Waals surface area contributed by atoms with E-state index in [-0.39, 0.29) is 22.4 Å². The van der Waals surface area contributed by atoms with Gasteiger partial charge in [0.15, 0.2) is 5.82 Å². The Morgan fingerprint density at radius 2 is 1.76 bits per heavy atom. The summed E-state index contributed by atoms with van der Waals surface area (Å²) in [6.45, 7) is 0.236. The highest BCUT2D eigenvalue weighted by molar-refractivity contribution is 7.94. The minimum absolute atomic E-state index is 0.0703. The summed E-state index contributed by atoms with van der Waals surface area (Å²) in [7, 11) is -3.75. The highest BCUT2D eigenvalue weighted by Crippen LogP contribution is 2.26. The van der Waals surface area contributed by atoms with Gasteiger partial charge >= 0.3 is 0 Å². The summed E-state index contributed by atoms with van der Waals surface area (Å²) < 4.78 is 40.7. The van der Waals surface area contributed by atoms with Gasteiger partial charge in [-0.05, 0) is 30.3 Å². The summed E-state index contributed by atoms with van der Waals surface area (Å²) >= 11 is 6.69. The van der Waals surface area contributed by atoms with Crippen LogP contribution in [0.5, 0.6) is 0 Å². The molecule has 130 valence electrons. The number of sulfonamides is 1. The van der Waals surface area contributed by atoms with Gasteiger partial charge in [-0.15, -0.1) is 21.5 Å². The van der Waals surface area contributed by atoms with E-state index in [1.807, 2.05) is 0 Å². The minimum atomic E-state index is -3.75. The molecule has 25 heavy (non-hydrogen) atoms. The van der Waals surface area contributed by atoms with Crippen molar-refractivity contribution in [3.63, 3.8) is 0 Å². The predicted octanol–water partition coefficient (Wildman–Crippen LogP) is 3.74. The van der Waals surface area contributed by atoms with Crippen LogP contribution in [0.15, 0.2) is 52.7 Å². The lowest BCUT2D eigenvalue weighted by Crippen LogP contribution is -2.13. The van der Waals surface area contributed by atoms with Crippen LogP contribution in [0.2, 0.25) is 4.34 Å². The van der Waals surface area contributed by atoms with Gasteiger partial charge in [0.25, 0.3) is 10.0 Å². The quantitative estimate of drug-likeness (QED) is 0.660. The second kappa shape index (κ2) is 7.34. The molecule has 0 saturated carbocycles. The first-order chi connectivity index (χ1) is 11.9. The first-order valence-electron chi connectivity index (χ1n) is 7.03. The van der Waals surface area contributed by atoms with Gasteiger partial charge in [-0.2, -0.15) is 0 Å². The van der Waals surface area contributed by atoms with Gasteiger partial charge in [0.1, 0.15) is 15.8 Å². The fourth-order valence-corrected chi connectivity index (χ4v) is 4.42. The molecule has 0 unspecified atom stereocenters. The second-order valence-corrected chi connectivity index (χ2v) is 8.54. The van der Waals surface area contributed by atoms with Crippen molar-refractivity contribution in [3.8, 4) is 0 Å². The topological polar surface area (TPSA) is 84.0 Å². The van der Waals surface area contributed by atoms with Crippen LogP contribution in [-0.4, -0.2) is 18.6 Å². The third kappa shape index (κ3) is 4.44. The van der Waals surface area contributed by atoms with E-state index in [4.69, 9.17) is 11.6 Å². The van der Waals surface area contributed by atoms with Gasteiger partial charge < -0.3 is 5.32 Å². The van der Waals surface area contributed by atoms with Crippen LogP contribution >= 0.6 is 22.9 Å². The Labute approximate surface area is 152 Å². The summed E-state index contributed by atoms with van der Waals surface area (Å²) in [5.74, 6) is 0.147. The van der Waals surface area contributed by atoms with Crippen LogP contribution in [0, 0.1) is 5.82 Å². The van der Waals surface area contributed by atoms with E-state index in [9.17, 15) is 12.8 Å². The molecule has 0 bridgehead atoms. The summed E-state index contributed by atoms with van der Waals surface area (Å²) in [4.78, 5) is 0. The zero-order chi connectivity index (χ0) is 17.9. The number of hydrogen-bond donors (Lipinski definition) is 2. The van der Waals surface area contributed by atoms with E-state index < -0.39 is 10.0 Å². The van der Waals surface area contributed by atoms with Crippen LogP contribution in [-0.2, 0) is 16.6 Å². The van der Waals surface area contributed by atoms with E-state index in [0.717, 1.165) is 11.3 Å². The first-order valence-corrected chi connectivity index (χ1v) is 9.71. The summed E-state index contributed by atoms with van der Waals surface area (Å²) in [5.41, 5.74) is 0.489. The lowest BCUT2D eigenvalue weighted by molar-refractivity contribution is 0.602. The Kier molecular flexibility index (Phi) is 5.16. The Bertz CT molecular complexity index is 977. The Morgan fingerprint density at radius 3 is 2.40 bits per heavy atom. The molecule has 10 heteroatoms. The van der Waals surface area contributed by atoms with Crippen LogP contribution in [0.25, 0.3) is 0 Å². The first kappa shape index (κ1) is 17.6. The fraction of sp³-hybridized carbons (Fsp3) is 0.0667. The maximum absolute atomic E-state index is 13.5. The molecule has 2 aromatic heterocycles. The summed E-state index contributed by atoms with van der Waals surface area (Å²) in [6.07, 6.45) is 0. The molecule has 1 aromatic carbocycles.